The topological polar surface area (TPSA) is 46.2 Å². The minimum Gasteiger partial charge on any atom is -0.379 e. The Hall–Kier alpha value is -2.06. The fraction of sp³-hybridized carbons (Fsp3) is 0.294. The molecule has 2 nitrogen and oxygen atoms in total. The third kappa shape index (κ3) is 3.50. The SMILES string of the molecule is CC(N)C(O)(c1ccccc1C(F)(F)F)c1ccccc1C(F)(F)F. The second-order valence-electron chi connectivity index (χ2n) is 5.64. The normalized spacial score (nSPS) is 14.4. The number of hydrogen-bond donors (Lipinski definition) is 2. The van der Waals surface area contributed by atoms with Crippen molar-refractivity contribution in [3.05, 3.63) is 70.8 Å². The second-order valence-corrected chi connectivity index (χ2v) is 5.64. The minimum absolute atomic E-state index is 0.693. The molecule has 2 rings (SSSR count). The Bertz CT molecular complexity index is 694. The molecule has 1 atom stereocenters. The first kappa shape index (κ1) is 19.3. The van der Waals surface area contributed by atoms with Crippen molar-refractivity contribution in [1.82, 2.24) is 0 Å². The van der Waals surface area contributed by atoms with Gasteiger partial charge in [-0.25, -0.2) is 0 Å². The standard InChI is InChI=1S/C17H15F6NO/c1-10(24)15(25,11-6-2-4-8-13(11)16(18,19)20)12-7-3-5-9-14(12)17(21,22)23/h2-10,25H,24H2,1H3. The quantitative estimate of drug-likeness (QED) is 0.799. The number of nitrogens with two attached hydrogens (primary N) is 1. The first-order chi connectivity index (χ1) is 11.4. The molecule has 0 saturated heterocycles. The molecule has 1 unspecified atom stereocenters. The van der Waals surface area contributed by atoms with Crippen LogP contribution in [-0.4, -0.2) is 11.1 Å². The molecule has 2 aromatic carbocycles. The van der Waals surface area contributed by atoms with Crippen molar-refractivity contribution in [2.24, 2.45) is 5.73 Å². The van der Waals surface area contributed by atoms with Gasteiger partial charge < -0.3 is 10.8 Å². The summed E-state index contributed by atoms with van der Waals surface area (Å²) in [5.74, 6) is 0. The lowest BCUT2D eigenvalue weighted by Crippen LogP contribution is -2.46. The molecule has 0 bridgehead atoms. The van der Waals surface area contributed by atoms with Crippen LogP contribution in [0.2, 0.25) is 0 Å². The number of hydrogen-bond acceptors (Lipinski definition) is 2. The molecule has 0 aliphatic heterocycles. The molecule has 0 amide bonds. The van der Waals surface area contributed by atoms with Crippen LogP contribution in [0.3, 0.4) is 0 Å². The van der Waals surface area contributed by atoms with Crippen LogP contribution >= 0.6 is 0 Å². The van der Waals surface area contributed by atoms with Gasteiger partial charge in [0.25, 0.3) is 0 Å². The van der Waals surface area contributed by atoms with Gasteiger partial charge in [-0.2, -0.15) is 26.3 Å². The summed E-state index contributed by atoms with van der Waals surface area (Å²) in [5.41, 5.74) is -0.950. The fourth-order valence-electron chi connectivity index (χ4n) is 2.76. The van der Waals surface area contributed by atoms with Gasteiger partial charge in [-0.1, -0.05) is 36.4 Å². The summed E-state index contributed by atoms with van der Waals surface area (Å²) in [6, 6.07) is 6.38. The van der Waals surface area contributed by atoms with Crippen LogP contribution in [0.1, 0.15) is 29.2 Å². The molecular formula is C17H15F6NO. The molecule has 8 heteroatoms. The molecular weight excluding hydrogens is 348 g/mol. The van der Waals surface area contributed by atoms with E-state index in [1.54, 1.807) is 0 Å². The zero-order valence-corrected chi connectivity index (χ0v) is 13.0. The smallest absolute Gasteiger partial charge is 0.379 e. The van der Waals surface area contributed by atoms with E-state index in [4.69, 9.17) is 5.73 Å². The Balaban J connectivity index is 2.85. The number of rotatable bonds is 3. The zero-order chi connectivity index (χ0) is 19.0. The van der Waals surface area contributed by atoms with Gasteiger partial charge >= 0.3 is 12.4 Å². The molecule has 0 aliphatic rings. The van der Waals surface area contributed by atoms with Gasteiger partial charge in [0, 0.05) is 17.2 Å². The summed E-state index contributed by atoms with van der Waals surface area (Å²) in [5, 5.41) is 11.0. The highest BCUT2D eigenvalue weighted by atomic mass is 19.4. The van der Waals surface area contributed by atoms with Crippen LogP contribution in [0.4, 0.5) is 26.3 Å². The molecule has 0 aromatic heterocycles. The van der Waals surface area contributed by atoms with E-state index in [1.807, 2.05) is 0 Å². The van der Waals surface area contributed by atoms with Crippen LogP contribution in [0.5, 0.6) is 0 Å². The van der Waals surface area contributed by atoms with Crippen LogP contribution in [0, 0.1) is 0 Å². The Morgan fingerprint density at radius 2 is 1.00 bits per heavy atom. The summed E-state index contributed by atoms with van der Waals surface area (Å²) in [4.78, 5) is 0. The van der Waals surface area contributed by atoms with Crippen LogP contribution in [0.15, 0.2) is 48.5 Å². The van der Waals surface area contributed by atoms with Crippen molar-refractivity contribution in [2.75, 3.05) is 0 Å². The Kier molecular flexibility index (Phi) is 4.89. The maximum atomic E-state index is 13.3. The minimum atomic E-state index is -4.87. The van der Waals surface area contributed by atoms with Crippen molar-refractivity contribution in [2.45, 2.75) is 30.9 Å². The van der Waals surface area contributed by atoms with Gasteiger partial charge in [0.15, 0.2) is 0 Å². The summed E-state index contributed by atoms with van der Waals surface area (Å²) >= 11 is 0. The third-order valence-corrected chi connectivity index (χ3v) is 3.95. The van der Waals surface area contributed by atoms with Crippen LogP contribution in [-0.2, 0) is 18.0 Å². The summed E-state index contributed by atoms with van der Waals surface area (Å²) in [7, 11) is 0. The van der Waals surface area contributed by atoms with Gasteiger partial charge in [-0.3, -0.25) is 0 Å². The van der Waals surface area contributed by atoms with E-state index in [1.165, 1.54) is 12.1 Å². The highest BCUT2D eigenvalue weighted by molar-refractivity contribution is 5.47. The van der Waals surface area contributed by atoms with Crippen molar-refractivity contribution in [3.8, 4) is 0 Å². The number of alkyl halides is 6. The van der Waals surface area contributed by atoms with E-state index in [0.717, 1.165) is 31.2 Å². The molecule has 2 aromatic rings. The maximum Gasteiger partial charge on any atom is 0.416 e. The molecule has 0 radical (unpaired) electrons. The number of benzene rings is 2. The summed E-state index contributed by atoms with van der Waals surface area (Å²) in [6.07, 6.45) is -9.74. The van der Waals surface area contributed by atoms with E-state index in [2.05, 4.69) is 0 Å². The molecule has 0 heterocycles. The lowest BCUT2D eigenvalue weighted by molar-refractivity contribution is -0.142. The largest absolute Gasteiger partial charge is 0.416 e. The van der Waals surface area contributed by atoms with E-state index >= 15 is 0 Å². The third-order valence-electron chi connectivity index (χ3n) is 3.95. The van der Waals surface area contributed by atoms with E-state index in [-0.39, 0.29) is 0 Å². The molecule has 136 valence electrons. The Morgan fingerprint density at radius 3 is 1.24 bits per heavy atom. The van der Waals surface area contributed by atoms with Gasteiger partial charge in [0.2, 0.25) is 0 Å². The van der Waals surface area contributed by atoms with Gasteiger partial charge in [-0.05, 0) is 19.1 Å². The van der Waals surface area contributed by atoms with Crippen LogP contribution in [0.25, 0.3) is 0 Å². The summed E-state index contributed by atoms with van der Waals surface area (Å²) in [6.45, 7) is 1.15. The average molecular weight is 363 g/mol. The van der Waals surface area contributed by atoms with Gasteiger partial charge in [0.1, 0.15) is 5.60 Å². The number of aliphatic hydroxyl groups is 1. The molecule has 0 saturated carbocycles. The molecule has 25 heavy (non-hydrogen) atoms. The predicted molar refractivity (Wildman–Crippen MR) is 79.5 cm³/mol. The van der Waals surface area contributed by atoms with Crippen molar-refractivity contribution in [3.63, 3.8) is 0 Å². The fourth-order valence-corrected chi connectivity index (χ4v) is 2.76. The molecule has 0 aliphatic carbocycles. The van der Waals surface area contributed by atoms with Crippen LogP contribution < -0.4 is 5.73 Å². The van der Waals surface area contributed by atoms with Crippen molar-refractivity contribution >= 4 is 0 Å². The van der Waals surface area contributed by atoms with Gasteiger partial charge in [0.05, 0.1) is 11.1 Å². The van der Waals surface area contributed by atoms with E-state index in [9.17, 15) is 31.4 Å². The Morgan fingerprint density at radius 1 is 0.720 bits per heavy atom. The second kappa shape index (κ2) is 6.34. The first-order valence-corrected chi connectivity index (χ1v) is 7.21. The highest BCUT2D eigenvalue weighted by Gasteiger charge is 2.47. The van der Waals surface area contributed by atoms with E-state index in [0.29, 0.717) is 12.1 Å². The predicted octanol–water partition coefficient (Wildman–Crippen LogP) is 4.31. The van der Waals surface area contributed by atoms with Crippen molar-refractivity contribution in [1.29, 1.82) is 0 Å². The summed E-state index contributed by atoms with van der Waals surface area (Å²) < 4.78 is 79.9. The van der Waals surface area contributed by atoms with Crippen molar-refractivity contribution < 1.29 is 31.4 Å². The zero-order valence-electron chi connectivity index (χ0n) is 13.0. The number of halogens is 6. The monoisotopic (exact) mass is 363 g/mol. The highest BCUT2D eigenvalue weighted by Crippen LogP contribution is 2.44. The lowest BCUT2D eigenvalue weighted by atomic mass is 9.77. The first-order valence-electron chi connectivity index (χ1n) is 7.21. The molecule has 3 N–H and O–H groups in total. The van der Waals surface area contributed by atoms with E-state index < -0.39 is 46.2 Å². The maximum absolute atomic E-state index is 13.3. The molecule has 0 fully saturated rings. The lowest BCUT2D eigenvalue weighted by Gasteiger charge is -2.36. The molecule has 0 spiro atoms. The Labute approximate surface area is 139 Å². The van der Waals surface area contributed by atoms with Gasteiger partial charge in [-0.15, -0.1) is 0 Å². The average Bonchev–Trinajstić information content (AvgIpc) is 2.52.